The molecule has 0 aliphatic carbocycles. The van der Waals surface area contributed by atoms with Crippen molar-refractivity contribution in [2.45, 2.75) is 30.4 Å². The first-order valence-corrected chi connectivity index (χ1v) is 13.4. The first kappa shape index (κ1) is 23.4. The molecule has 0 fully saturated rings. The van der Waals surface area contributed by atoms with Crippen molar-refractivity contribution in [1.82, 2.24) is 25.1 Å². The van der Waals surface area contributed by atoms with E-state index in [1.165, 1.54) is 6.07 Å². The average molecular weight is 502 g/mol. The van der Waals surface area contributed by atoms with Crippen LogP contribution in [0, 0.1) is 13.8 Å². The lowest BCUT2D eigenvalue weighted by Gasteiger charge is -2.08. The molecule has 0 amide bonds. The molecule has 0 radical (unpaired) electrons. The summed E-state index contributed by atoms with van der Waals surface area (Å²) in [4.78, 5) is 0. The minimum atomic E-state index is -3.90. The number of nitrogens with zero attached hydrogens (tertiary/aromatic N) is 4. The molecule has 0 aliphatic heterocycles. The molecular formula is C21H23N7O4S2. The summed E-state index contributed by atoms with van der Waals surface area (Å²) in [5, 5.41) is 14.1. The number of rotatable bonds is 8. The molecule has 11 nitrogen and oxygen atoms in total. The summed E-state index contributed by atoms with van der Waals surface area (Å²) in [5.41, 5.74) is 3.68. The van der Waals surface area contributed by atoms with E-state index in [0.29, 0.717) is 11.4 Å². The lowest BCUT2D eigenvalue weighted by atomic mass is 10.1. The maximum Gasteiger partial charge on any atom is 0.240 e. The summed E-state index contributed by atoms with van der Waals surface area (Å²) in [7, 11) is -7.76. The van der Waals surface area contributed by atoms with E-state index < -0.39 is 31.4 Å². The number of nitrogens with two attached hydrogens (primary N) is 1. The van der Waals surface area contributed by atoms with Gasteiger partial charge in [-0.2, -0.15) is 5.10 Å². The van der Waals surface area contributed by atoms with Crippen LogP contribution in [-0.2, 0) is 31.4 Å². The van der Waals surface area contributed by atoms with Crippen LogP contribution in [0.2, 0.25) is 0 Å². The average Bonchev–Trinajstić information content (AvgIpc) is 3.39. The van der Waals surface area contributed by atoms with Crippen molar-refractivity contribution in [3.63, 3.8) is 0 Å². The first-order chi connectivity index (χ1) is 16.0. The Morgan fingerprint density at radius 1 is 0.882 bits per heavy atom. The maximum atomic E-state index is 12.9. The Kier molecular flexibility index (Phi) is 6.15. The topological polar surface area (TPSA) is 166 Å². The number of nitrogens with one attached hydrogen (secondary N) is 2. The van der Waals surface area contributed by atoms with Crippen LogP contribution in [0.4, 0.5) is 5.69 Å². The van der Waals surface area contributed by atoms with E-state index in [4.69, 9.17) is 5.84 Å². The number of anilines is 1. The van der Waals surface area contributed by atoms with Gasteiger partial charge in [-0.3, -0.25) is 9.82 Å². The van der Waals surface area contributed by atoms with Gasteiger partial charge < -0.3 is 5.84 Å². The molecule has 34 heavy (non-hydrogen) atoms. The van der Waals surface area contributed by atoms with Gasteiger partial charge in [0.15, 0.2) is 16.7 Å². The van der Waals surface area contributed by atoms with Crippen molar-refractivity contribution in [3.8, 4) is 11.3 Å². The van der Waals surface area contributed by atoms with Gasteiger partial charge in [0.05, 0.1) is 5.69 Å². The molecule has 0 unspecified atom stereocenters. The number of aryl methyl sites for hydroxylation is 2. The number of nitrogen functional groups attached to an aromatic ring is 1. The van der Waals surface area contributed by atoms with Gasteiger partial charge in [-0.25, -0.2) is 21.5 Å². The molecule has 0 spiro atoms. The second-order valence-electron chi connectivity index (χ2n) is 7.87. The fraction of sp³-hybridized carbons (Fsp3) is 0.190. The Morgan fingerprint density at radius 3 is 2.06 bits per heavy atom. The van der Waals surface area contributed by atoms with Gasteiger partial charge in [-0.1, -0.05) is 47.5 Å². The van der Waals surface area contributed by atoms with Crippen molar-refractivity contribution in [2.24, 2.45) is 0 Å². The maximum absolute atomic E-state index is 12.9. The van der Waals surface area contributed by atoms with Gasteiger partial charge in [0, 0.05) is 17.3 Å². The zero-order chi connectivity index (χ0) is 24.5. The van der Waals surface area contributed by atoms with Crippen LogP contribution >= 0.6 is 0 Å². The highest BCUT2D eigenvalue weighted by atomic mass is 32.2. The van der Waals surface area contributed by atoms with E-state index >= 15 is 0 Å². The van der Waals surface area contributed by atoms with Crippen molar-refractivity contribution in [2.75, 3.05) is 10.6 Å². The molecule has 4 aromatic rings. The lowest BCUT2D eigenvalue weighted by molar-refractivity contribution is 0.588. The normalized spacial score (nSPS) is 12.1. The third-order valence-electron chi connectivity index (χ3n) is 5.04. The van der Waals surface area contributed by atoms with Crippen LogP contribution in [0.25, 0.3) is 11.3 Å². The Hall–Kier alpha value is -3.71. The Bertz CT molecular complexity index is 1520. The van der Waals surface area contributed by atoms with Gasteiger partial charge in [-0.05, 0) is 26.0 Å². The van der Waals surface area contributed by atoms with Crippen molar-refractivity contribution < 1.29 is 16.8 Å². The van der Waals surface area contributed by atoms with Gasteiger partial charge in [0.25, 0.3) is 0 Å². The highest BCUT2D eigenvalue weighted by Crippen LogP contribution is 2.22. The Morgan fingerprint density at radius 2 is 1.44 bits per heavy atom. The predicted octanol–water partition coefficient (Wildman–Crippen LogP) is 1.91. The molecule has 0 aliphatic rings. The molecule has 4 rings (SSSR count). The molecule has 4 N–H and O–H groups in total. The molecule has 0 atom stereocenters. The quantitative estimate of drug-likeness (QED) is 0.308. The molecule has 2 aromatic heterocycles. The minimum Gasteiger partial charge on any atom is -0.336 e. The second-order valence-corrected chi connectivity index (χ2v) is 11.6. The van der Waals surface area contributed by atoms with E-state index in [1.807, 2.05) is 38.1 Å². The van der Waals surface area contributed by atoms with Crippen LogP contribution in [0.15, 0.2) is 59.6 Å². The van der Waals surface area contributed by atoms with Gasteiger partial charge in [0.1, 0.15) is 11.5 Å². The summed E-state index contributed by atoms with van der Waals surface area (Å²) in [6.45, 7) is 3.84. The second kappa shape index (κ2) is 8.91. The Balaban J connectivity index is 1.49. The van der Waals surface area contributed by atoms with Crippen LogP contribution < -0.4 is 10.6 Å². The number of benzene rings is 2. The number of sulfonamides is 1. The predicted molar refractivity (Wildman–Crippen MR) is 127 cm³/mol. The molecule has 0 saturated carbocycles. The number of hydrogen-bond donors (Lipinski definition) is 3. The number of hydrogen-bond acceptors (Lipinski definition) is 8. The monoisotopic (exact) mass is 501 g/mol. The summed E-state index contributed by atoms with van der Waals surface area (Å²) in [6, 6.07) is 15.7. The summed E-state index contributed by atoms with van der Waals surface area (Å²) in [6.07, 6.45) is 0. The fourth-order valence-electron chi connectivity index (χ4n) is 3.15. The number of sulfone groups is 1. The van der Waals surface area contributed by atoms with Gasteiger partial charge in [0.2, 0.25) is 19.9 Å². The summed E-state index contributed by atoms with van der Waals surface area (Å²) >= 11 is 0. The Labute approximate surface area is 197 Å². The number of H-pyrrole nitrogens is 1. The van der Waals surface area contributed by atoms with E-state index in [0.717, 1.165) is 21.4 Å². The fourth-order valence-corrected chi connectivity index (χ4v) is 5.42. The number of aromatic amines is 1. The van der Waals surface area contributed by atoms with Gasteiger partial charge >= 0.3 is 0 Å². The molecule has 0 saturated heterocycles. The zero-order valence-electron chi connectivity index (χ0n) is 18.4. The zero-order valence-corrected chi connectivity index (χ0v) is 20.1. The molecule has 2 heterocycles. The van der Waals surface area contributed by atoms with E-state index in [1.54, 1.807) is 24.3 Å². The van der Waals surface area contributed by atoms with Crippen LogP contribution in [0.5, 0.6) is 0 Å². The van der Waals surface area contributed by atoms with Crippen molar-refractivity contribution >= 4 is 25.5 Å². The molecule has 178 valence electrons. The summed E-state index contributed by atoms with van der Waals surface area (Å²) in [5.74, 6) is 4.56. The summed E-state index contributed by atoms with van der Waals surface area (Å²) < 4.78 is 54.1. The van der Waals surface area contributed by atoms with E-state index in [-0.39, 0.29) is 16.7 Å². The minimum absolute atomic E-state index is 0.102. The van der Waals surface area contributed by atoms with Gasteiger partial charge in [-0.15, -0.1) is 10.2 Å². The highest BCUT2D eigenvalue weighted by molar-refractivity contribution is 7.92. The lowest BCUT2D eigenvalue weighted by Crippen LogP contribution is -2.23. The van der Waals surface area contributed by atoms with Crippen LogP contribution in [0.1, 0.15) is 22.8 Å². The van der Waals surface area contributed by atoms with Crippen LogP contribution in [0.3, 0.4) is 0 Å². The highest BCUT2D eigenvalue weighted by Gasteiger charge is 2.25. The third kappa shape index (κ3) is 5.26. The van der Waals surface area contributed by atoms with Crippen molar-refractivity contribution in [3.05, 3.63) is 77.4 Å². The van der Waals surface area contributed by atoms with E-state index in [9.17, 15) is 16.8 Å². The smallest absolute Gasteiger partial charge is 0.240 e. The molecule has 2 aromatic carbocycles. The third-order valence-corrected chi connectivity index (χ3v) is 7.74. The van der Waals surface area contributed by atoms with Crippen LogP contribution in [-0.4, -0.2) is 41.9 Å². The van der Waals surface area contributed by atoms with Crippen molar-refractivity contribution in [1.29, 1.82) is 0 Å². The van der Waals surface area contributed by atoms with E-state index in [2.05, 4.69) is 25.1 Å². The number of aromatic nitrogens is 5. The largest absolute Gasteiger partial charge is 0.336 e. The molecular weight excluding hydrogens is 478 g/mol. The molecule has 13 heteroatoms. The molecule has 0 bridgehead atoms. The standard InChI is InChI=1S/C21H23N7O4S2/c1-14-3-7-16(8-4-14)18-11-21(26-23-18)33(29,30)12-19-24-25-20(28(19)22)13-34(31,32)27-17-9-5-15(2)6-10-17/h3-11,27H,12-13,22H2,1-2H3,(H,23,26). The SMILES string of the molecule is Cc1ccc(NS(=O)(=O)Cc2nnc(CS(=O)(=O)c3cc(-c4ccc(C)cc4)n[nH]3)n2N)cc1. The first-order valence-electron chi connectivity index (χ1n) is 10.1.